The van der Waals surface area contributed by atoms with E-state index in [1.807, 2.05) is 0 Å². The van der Waals surface area contributed by atoms with Crippen molar-refractivity contribution in [2.24, 2.45) is 5.92 Å². The Morgan fingerprint density at radius 1 is 1.29 bits per heavy atom. The van der Waals surface area contributed by atoms with Gasteiger partial charge in [-0.2, -0.15) is 13.2 Å². The topological polar surface area (TPSA) is 57.6 Å². The summed E-state index contributed by atoms with van der Waals surface area (Å²) < 4.78 is 62.1. The van der Waals surface area contributed by atoms with E-state index in [4.69, 9.17) is 5.11 Å². The number of likely N-dealkylation sites (tertiary alicyclic amines) is 1. The minimum absolute atomic E-state index is 0.164. The largest absolute Gasteiger partial charge is 0.481 e. The monoisotopic (exact) mass is 261 g/mol. The summed E-state index contributed by atoms with van der Waals surface area (Å²) in [5, 5.41) is 8.52. The maximum atomic E-state index is 13.0. The van der Waals surface area contributed by atoms with Crippen molar-refractivity contribution in [1.29, 1.82) is 0 Å². The van der Waals surface area contributed by atoms with Crippen molar-refractivity contribution in [3.8, 4) is 0 Å². The van der Waals surface area contributed by atoms with Crippen molar-refractivity contribution in [2.75, 3.05) is 13.1 Å². The van der Waals surface area contributed by atoms with E-state index in [0.717, 1.165) is 0 Å². The highest BCUT2D eigenvalue weighted by atomic mass is 19.4. The first-order valence-corrected chi connectivity index (χ1v) is 4.50. The highest BCUT2D eigenvalue weighted by Crippen LogP contribution is 2.32. The summed E-state index contributed by atoms with van der Waals surface area (Å²) in [5.41, 5.74) is 0. The van der Waals surface area contributed by atoms with Crippen LogP contribution in [0, 0.1) is 5.92 Å². The van der Waals surface area contributed by atoms with Crippen LogP contribution in [0.5, 0.6) is 0 Å². The van der Waals surface area contributed by atoms with E-state index >= 15 is 0 Å². The minimum Gasteiger partial charge on any atom is -0.481 e. The normalized spacial score (nSPS) is 24.5. The van der Waals surface area contributed by atoms with E-state index in [2.05, 4.69) is 0 Å². The van der Waals surface area contributed by atoms with Gasteiger partial charge < -0.3 is 10.0 Å². The number of rotatable bonds is 1. The fourth-order valence-electron chi connectivity index (χ4n) is 1.60. The van der Waals surface area contributed by atoms with Crippen molar-refractivity contribution >= 4 is 11.9 Å². The molecule has 1 saturated heterocycles. The molecule has 0 spiro atoms. The quantitative estimate of drug-likeness (QED) is 0.719. The number of carboxylic acids is 1. The lowest BCUT2D eigenvalue weighted by Crippen LogP contribution is -2.54. The molecule has 0 aliphatic carbocycles. The number of hydrogen-bond donors (Lipinski definition) is 1. The molecule has 1 amide bonds. The smallest absolute Gasteiger partial charge is 0.471 e. The maximum Gasteiger partial charge on any atom is 0.471 e. The lowest BCUT2D eigenvalue weighted by atomic mass is 9.95. The van der Waals surface area contributed by atoms with E-state index in [1.54, 1.807) is 0 Å². The first kappa shape index (κ1) is 13.7. The summed E-state index contributed by atoms with van der Waals surface area (Å²) in [7, 11) is 0. The highest BCUT2D eigenvalue weighted by molar-refractivity contribution is 5.83. The van der Waals surface area contributed by atoms with E-state index in [1.165, 1.54) is 0 Å². The molecule has 4 nitrogen and oxygen atoms in total. The van der Waals surface area contributed by atoms with Crippen LogP contribution in [0.25, 0.3) is 0 Å². The summed E-state index contributed by atoms with van der Waals surface area (Å²) in [5.74, 6) is -9.40. The molecule has 1 rings (SSSR count). The van der Waals surface area contributed by atoms with Gasteiger partial charge in [0.1, 0.15) is 0 Å². The van der Waals surface area contributed by atoms with Gasteiger partial charge in [0.05, 0.1) is 12.5 Å². The van der Waals surface area contributed by atoms with E-state index in [-0.39, 0.29) is 4.90 Å². The van der Waals surface area contributed by atoms with Crippen LogP contribution < -0.4 is 0 Å². The Bertz CT molecular complexity index is 341. The fraction of sp³-hybridized carbons (Fsp3) is 0.750. The summed E-state index contributed by atoms with van der Waals surface area (Å²) in [6.07, 6.45) is -6.35. The molecule has 0 saturated carbocycles. The molecule has 1 heterocycles. The summed E-state index contributed by atoms with van der Waals surface area (Å²) in [4.78, 5) is 21.1. The van der Waals surface area contributed by atoms with Crippen LogP contribution in [-0.2, 0) is 9.59 Å². The third kappa shape index (κ3) is 3.27. The van der Waals surface area contributed by atoms with Crippen molar-refractivity contribution in [2.45, 2.75) is 18.5 Å². The Kier molecular flexibility index (Phi) is 3.30. The molecular weight excluding hydrogens is 253 g/mol. The predicted molar refractivity (Wildman–Crippen MR) is 43.3 cm³/mol. The first-order valence-electron chi connectivity index (χ1n) is 4.50. The second kappa shape index (κ2) is 4.11. The summed E-state index contributed by atoms with van der Waals surface area (Å²) >= 11 is 0. The van der Waals surface area contributed by atoms with E-state index < -0.39 is 49.4 Å². The SMILES string of the molecule is O=C(O)C1CN(C(=O)C(F)(F)F)CC(F)(F)C1. The van der Waals surface area contributed by atoms with Gasteiger partial charge in [-0.3, -0.25) is 9.59 Å². The van der Waals surface area contributed by atoms with Gasteiger partial charge in [0.2, 0.25) is 0 Å². The standard InChI is InChI=1S/C8H8F5NO3/c9-7(10)1-4(5(15)16)2-14(3-7)6(17)8(11,12)13/h4H,1-3H2,(H,15,16). The maximum absolute atomic E-state index is 13.0. The molecule has 0 aromatic carbocycles. The zero-order valence-corrected chi connectivity index (χ0v) is 8.30. The van der Waals surface area contributed by atoms with Crippen LogP contribution in [-0.4, -0.2) is 47.1 Å². The lowest BCUT2D eigenvalue weighted by Gasteiger charge is -2.36. The third-order valence-electron chi connectivity index (χ3n) is 2.29. The molecule has 0 aromatic rings. The van der Waals surface area contributed by atoms with Crippen LogP contribution in [0.1, 0.15) is 6.42 Å². The Morgan fingerprint density at radius 3 is 2.24 bits per heavy atom. The van der Waals surface area contributed by atoms with Gasteiger partial charge >= 0.3 is 18.1 Å². The number of nitrogens with zero attached hydrogens (tertiary/aromatic N) is 1. The zero-order valence-electron chi connectivity index (χ0n) is 8.30. The average molecular weight is 261 g/mol. The molecule has 1 N–H and O–H groups in total. The molecule has 0 radical (unpaired) electrons. The molecule has 17 heavy (non-hydrogen) atoms. The molecule has 1 fully saturated rings. The number of hydrogen-bond acceptors (Lipinski definition) is 2. The number of piperidine rings is 1. The van der Waals surface area contributed by atoms with Gasteiger partial charge in [-0.05, 0) is 0 Å². The Hall–Kier alpha value is -1.41. The molecule has 1 unspecified atom stereocenters. The van der Waals surface area contributed by atoms with Gasteiger partial charge in [0, 0.05) is 13.0 Å². The van der Waals surface area contributed by atoms with Crippen molar-refractivity contribution in [3.63, 3.8) is 0 Å². The average Bonchev–Trinajstić information content (AvgIpc) is 2.12. The third-order valence-corrected chi connectivity index (χ3v) is 2.29. The fourth-order valence-corrected chi connectivity index (χ4v) is 1.60. The van der Waals surface area contributed by atoms with Crippen molar-refractivity contribution in [3.05, 3.63) is 0 Å². The van der Waals surface area contributed by atoms with E-state index in [0.29, 0.717) is 0 Å². The molecule has 0 aromatic heterocycles. The lowest BCUT2D eigenvalue weighted by molar-refractivity contribution is -0.196. The number of amides is 1. The number of carbonyl (C=O) groups is 2. The molecule has 1 aliphatic heterocycles. The number of aliphatic carboxylic acids is 1. The number of alkyl halides is 5. The number of halogens is 5. The van der Waals surface area contributed by atoms with Gasteiger partial charge in [-0.15, -0.1) is 0 Å². The summed E-state index contributed by atoms with van der Waals surface area (Å²) in [6.45, 7) is -2.27. The van der Waals surface area contributed by atoms with Gasteiger partial charge in [-0.1, -0.05) is 0 Å². The van der Waals surface area contributed by atoms with Crippen LogP contribution in [0.3, 0.4) is 0 Å². The van der Waals surface area contributed by atoms with E-state index in [9.17, 15) is 31.5 Å². The Morgan fingerprint density at radius 2 is 1.82 bits per heavy atom. The molecule has 0 bridgehead atoms. The van der Waals surface area contributed by atoms with Gasteiger partial charge in [0.15, 0.2) is 0 Å². The molecule has 98 valence electrons. The predicted octanol–water partition coefficient (Wildman–Crippen LogP) is 1.12. The second-order valence-corrected chi connectivity index (χ2v) is 3.78. The van der Waals surface area contributed by atoms with Gasteiger partial charge in [-0.25, -0.2) is 8.78 Å². The van der Waals surface area contributed by atoms with Crippen LogP contribution >= 0.6 is 0 Å². The van der Waals surface area contributed by atoms with Crippen LogP contribution in [0.2, 0.25) is 0 Å². The van der Waals surface area contributed by atoms with Crippen LogP contribution in [0.15, 0.2) is 0 Å². The van der Waals surface area contributed by atoms with Crippen molar-refractivity contribution in [1.82, 2.24) is 4.90 Å². The molecule has 1 aliphatic rings. The molecule has 1 atom stereocenters. The van der Waals surface area contributed by atoms with Crippen molar-refractivity contribution < 1.29 is 36.6 Å². The number of carbonyl (C=O) groups excluding carboxylic acids is 1. The molecule has 9 heteroatoms. The highest BCUT2D eigenvalue weighted by Gasteiger charge is 2.50. The summed E-state index contributed by atoms with van der Waals surface area (Å²) in [6, 6.07) is 0. The van der Waals surface area contributed by atoms with Crippen LogP contribution in [0.4, 0.5) is 22.0 Å². The minimum atomic E-state index is -5.28. The number of carboxylic acid groups (broad SMARTS) is 1. The first-order chi connectivity index (χ1) is 7.53. The Labute approximate surface area is 92.0 Å². The zero-order chi connectivity index (χ0) is 13.4. The second-order valence-electron chi connectivity index (χ2n) is 3.78. The molecular formula is C8H8F5NO3. The Balaban J connectivity index is 2.87. The van der Waals surface area contributed by atoms with Gasteiger partial charge in [0.25, 0.3) is 5.92 Å².